The van der Waals surface area contributed by atoms with E-state index in [1.54, 1.807) is 0 Å². The molecule has 2 N–H and O–H groups in total. The van der Waals surface area contributed by atoms with Crippen molar-refractivity contribution in [3.8, 4) is 0 Å². The Kier molecular flexibility index (Phi) is 5.78. The molecule has 0 radical (unpaired) electrons. The minimum Gasteiger partial charge on any atom is -0.314 e. The second-order valence-corrected chi connectivity index (χ2v) is 6.06. The molecule has 15 heavy (non-hydrogen) atoms. The lowest BCUT2D eigenvalue weighted by Gasteiger charge is -2.33. The highest BCUT2D eigenvalue weighted by molar-refractivity contribution is 4.80. The summed E-state index contributed by atoms with van der Waals surface area (Å²) >= 11 is 0. The highest BCUT2D eigenvalue weighted by atomic mass is 15.2. The van der Waals surface area contributed by atoms with Gasteiger partial charge in [-0.15, -0.1) is 0 Å². The summed E-state index contributed by atoms with van der Waals surface area (Å²) in [7, 11) is 4.24. The SMILES string of the molecule is CN(C)C(C)(C)CNCCNC(C)(C)C. The number of hydrogen-bond donors (Lipinski definition) is 2. The zero-order valence-corrected chi connectivity index (χ0v) is 11.6. The fourth-order valence-electron chi connectivity index (χ4n) is 1.08. The summed E-state index contributed by atoms with van der Waals surface area (Å²) in [6, 6.07) is 0. The fraction of sp³-hybridized carbons (Fsp3) is 1.00. The standard InChI is InChI=1S/C12H29N3/c1-11(2,3)14-9-8-13-10-12(4,5)15(6)7/h13-14H,8-10H2,1-7H3. The average Bonchev–Trinajstić information content (AvgIpc) is 2.00. The summed E-state index contributed by atoms with van der Waals surface area (Å²) < 4.78 is 0. The lowest BCUT2D eigenvalue weighted by molar-refractivity contribution is 0.190. The van der Waals surface area contributed by atoms with Crippen molar-refractivity contribution in [1.82, 2.24) is 15.5 Å². The number of nitrogens with zero attached hydrogens (tertiary/aromatic N) is 1. The summed E-state index contributed by atoms with van der Waals surface area (Å²) in [5.74, 6) is 0. The van der Waals surface area contributed by atoms with Crippen LogP contribution in [0.15, 0.2) is 0 Å². The predicted molar refractivity (Wildman–Crippen MR) is 68.4 cm³/mol. The van der Waals surface area contributed by atoms with Crippen LogP contribution in [0.4, 0.5) is 0 Å². The summed E-state index contributed by atoms with van der Waals surface area (Å²) in [6.45, 7) is 14.1. The molecule has 0 heterocycles. The van der Waals surface area contributed by atoms with Crippen molar-refractivity contribution < 1.29 is 0 Å². The largest absolute Gasteiger partial charge is 0.314 e. The van der Waals surface area contributed by atoms with Crippen LogP contribution in [0, 0.1) is 0 Å². The van der Waals surface area contributed by atoms with Crippen molar-refractivity contribution in [2.45, 2.75) is 45.7 Å². The van der Waals surface area contributed by atoms with Crippen LogP contribution in [0.2, 0.25) is 0 Å². The normalized spacial score (nSPS) is 13.6. The smallest absolute Gasteiger partial charge is 0.0271 e. The molecular formula is C12H29N3. The molecule has 0 aliphatic carbocycles. The van der Waals surface area contributed by atoms with Crippen molar-refractivity contribution in [2.75, 3.05) is 33.7 Å². The van der Waals surface area contributed by atoms with Gasteiger partial charge in [0.05, 0.1) is 0 Å². The van der Waals surface area contributed by atoms with Crippen LogP contribution in [0.1, 0.15) is 34.6 Å². The Hall–Kier alpha value is -0.120. The molecule has 0 spiro atoms. The Morgan fingerprint density at radius 2 is 1.47 bits per heavy atom. The molecule has 3 nitrogen and oxygen atoms in total. The van der Waals surface area contributed by atoms with E-state index >= 15 is 0 Å². The lowest BCUT2D eigenvalue weighted by Crippen LogP contribution is -2.48. The second-order valence-electron chi connectivity index (χ2n) is 6.06. The van der Waals surface area contributed by atoms with Gasteiger partial charge in [-0.1, -0.05) is 0 Å². The maximum atomic E-state index is 3.48. The molecule has 0 aromatic heterocycles. The molecule has 0 atom stereocenters. The maximum absolute atomic E-state index is 3.48. The van der Waals surface area contributed by atoms with Gasteiger partial charge in [-0.05, 0) is 48.7 Å². The number of rotatable bonds is 6. The number of nitrogens with one attached hydrogen (secondary N) is 2. The summed E-state index contributed by atoms with van der Waals surface area (Å²) in [6.07, 6.45) is 0. The van der Waals surface area contributed by atoms with E-state index in [4.69, 9.17) is 0 Å². The van der Waals surface area contributed by atoms with Crippen LogP contribution >= 0.6 is 0 Å². The van der Waals surface area contributed by atoms with Gasteiger partial charge in [0.1, 0.15) is 0 Å². The first-order valence-electron chi connectivity index (χ1n) is 5.78. The molecule has 0 saturated heterocycles. The van der Waals surface area contributed by atoms with Gasteiger partial charge in [0.2, 0.25) is 0 Å². The Morgan fingerprint density at radius 3 is 1.87 bits per heavy atom. The van der Waals surface area contributed by atoms with Gasteiger partial charge in [0.15, 0.2) is 0 Å². The van der Waals surface area contributed by atoms with E-state index in [-0.39, 0.29) is 11.1 Å². The summed E-state index contributed by atoms with van der Waals surface area (Å²) in [5.41, 5.74) is 0.445. The first-order chi connectivity index (χ1) is 6.65. The van der Waals surface area contributed by atoms with E-state index in [0.29, 0.717) is 0 Å². The van der Waals surface area contributed by atoms with Gasteiger partial charge in [-0.25, -0.2) is 0 Å². The number of hydrogen-bond acceptors (Lipinski definition) is 3. The number of likely N-dealkylation sites (N-methyl/N-ethyl adjacent to an activating group) is 1. The van der Waals surface area contributed by atoms with Gasteiger partial charge in [-0.2, -0.15) is 0 Å². The first kappa shape index (κ1) is 14.9. The third-order valence-corrected chi connectivity index (χ3v) is 2.73. The van der Waals surface area contributed by atoms with Crippen molar-refractivity contribution in [2.24, 2.45) is 0 Å². The molecule has 0 bridgehead atoms. The van der Waals surface area contributed by atoms with Crippen molar-refractivity contribution >= 4 is 0 Å². The van der Waals surface area contributed by atoms with Crippen molar-refractivity contribution in [3.63, 3.8) is 0 Å². The minimum atomic E-state index is 0.221. The fourth-order valence-corrected chi connectivity index (χ4v) is 1.08. The molecule has 0 rings (SSSR count). The predicted octanol–water partition coefficient (Wildman–Crippen LogP) is 1.30. The highest BCUT2D eigenvalue weighted by Crippen LogP contribution is 2.07. The van der Waals surface area contributed by atoms with Crippen LogP contribution < -0.4 is 10.6 Å². The molecule has 0 aliphatic rings. The van der Waals surface area contributed by atoms with E-state index in [9.17, 15) is 0 Å². The third kappa shape index (κ3) is 7.77. The van der Waals surface area contributed by atoms with Gasteiger partial charge < -0.3 is 15.5 Å². The van der Waals surface area contributed by atoms with E-state index in [1.807, 2.05) is 0 Å². The second kappa shape index (κ2) is 5.83. The highest BCUT2D eigenvalue weighted by Gasteiger charge is 2.19. The third-order valence-electron chi connectivity index (χ3n) is 2.73. The first-order valence-corrected chi connectivity index (χ1v) is 5.78. The van der Waals surface area contributed by atoms with Gasteiger partial charge in [-0.3, -0.25) is 0 Å². The van der Waals surface area contributed by atoms with Crippen LogP contribution in [-0.4, -0.2) is 49.7 Å². The molecule has 3 heteroatoms. The molecule has 0 unspecified atom stereocenters. The maximum Gasteiger partial charge on any atom is 0.0271 e. The van der Waals surface area contributed by atoms with Crippen LogP contribution in [0.3, 0.4) is 0 Å². The molecule has 0 aromatic rings. The molecule has 92 valence electrons. The summed E-state index contributed by atoms with van der Waals surface area (Å²) in [5, 5.41) is 6.94. The van der Waals surface area contributed by atoms with E-state index in [2.05, 4.69) is 64.2 Å². The monoisotopic (exact) mass is 215 g/mol. The Balaban J connectivity index is 3.55. The van der Waals surface area contributed by atoms with Crippen molar-refractivity contribution in [3.05, 3.63) is 0 Å². The zero-order valence-electron chi connectivity index (χ0n) is 11.6. The molecular weight excluding hydrogens is 186 g/mol. The Morgan fingerprint density at radius 1 is 0.933 bits per heavy atom. The van der Waals surface area contributed by atoms with Crippen molar-refractivity contribution in [1.29, 1.82) is 0 Å². The topological polar surface area (TPSA) is 27.3 Å². The molecule has 0 aliphatic heterocycles. The van der Waals surface area contributed by atoms with E-state index in [1.165, 1.54) is 0 Å². The van der Waals surface area contributed by atoms with Gasteiger partial charge >= 0.3 is 0 Å². The molecule has 0 saturated carbocycles. The molecule has 0 amide bonds. The lowest BCUT2D eigenvalue weighted by atomic mass is 10.0. The molecule has 0 aromatic carbocycles. The van der Waals surface area contributed by atoms with E-state index < -0.39 is 0 Å². The quantitative estimate of drug-likeness (QED) is 0.654. The Bertz CT molecular complexity index is 168. The van der Waals surface area contributed by atoms with Gasteiger partial charge in [0, 0.05) is 30.7 Å². The van der Waals surface area contributed by atoms with Crippen LogP contribution in [-0.2, 0) is 0 Å². The van der Waals surface area contributed by atoms with Crippen LogP contribution in [0.25, 0.3) is 0 Å². The average molecular weight is 215 g/mol. The Labute approximate surface area is 95.6 Å². The molecule has 0 fully saturated rings. The van der Waals surface area contributed by atoms with Crippen LogP contribution in [0.5, 0.6) is 0 Å². The van der Waals surface area contributed by atoms with Gasteiger partial charge in [0.25, 0.3) is 0 Å². The minimum absolute atomic E-state index is 0.221. The summed E-state index contributed by atoms with van der Waals surface area (Å²) in [4.78, 5) is 2.25. The van der Waals surface area contributed by atoms with E-state index in [0.717, 1.165) is 19.6 Å². The zero-order chi connectivity index (χ0) is 12.1.